The third-order valence-corrected chi connectivity index (χ3v) is 3.30. The number of ether oxygens (including phenoxy) is 1. The topological polar surface area (TPSA) is 79.5 Å². The average molecular weight is 291 g/mol. The third-order valence-electron chi connectivity index (χ3n) is 3.30. The van der Waals surface area contributed by atoms with E-state index in [4.69, 9.17) is 4.74 Å². The molecule has 1 heterocycles. The van der Waals surface area contributed by atoms with Gasteiger partial charge in [-0.25, -0.2) is 4.79 Å². The van der Waals surface area contributed by atoms with Crippen molar-refractivity contribution < 1.29 is 14.3 Å². The molecule has 6 heteroatoms. The minimum Gasteiger partial charge on any atom is -0.450 e. The monoisotopic (exact) mass is 291 g/mol. The molecule has 21 heavy (non-hydrogen) atoms. The van der Waals surface area contributed by atoms with Crippen LogP contribution >= 0.6 is 0 Å². The lowest BCUT2D eigenvalue weighted by atomic mass is 10.0. The number of anilines is 2. The fraction of sp³-hybridized carbons (Fsp3) is 0.467. The Kier molecular flexibility index (Phi) is 5.57. The summed E-state index contributed by atoms with van der Waals surface area (Å²) < 4.78 is 4.79. The van der Waals surface area contributed by atoms with E-state index in [0.29, 0.717) is 18.0 Å². The first-order valence-corrected chi connectivity index (χ1v) is 7.27. The van der Waals surface area contributed by atoms with Gasteiger partial charge in [0.2, 0.25) is 5.91 Å². The second kappa shape index (κ2) is 7.64. The Labute approximate surface area is 124 Å². The van der Waals surface area contributed by atoms with Gasteiger partial charge in [0.15, 0.2) is 0 Å². The van der Waals surface area contributed by atoms with Crippen molar-refractivity contribution in [3.8, 4) is 0 Å². The Hall–Kier alpha value is -2.08. The highest BCUT2D eigenvalue weighted by Gasteiger charge is 2.20. The lowest BCUT2D eigenvalue weighted by Crippen LogP contribution is -2.43. The quantitative estimate of drug-likeness (QED) is 0.795. The first-order valence-electron chi connectivity index (χ1n) is 7.27. The Balaban J connectivity index is 1.86. The molecular formula is C15H21N3O3. The lowest BCUT2D eigenvalue weighted by molar-refractivity contribution is -0.118. The molecule has 0 radical (unpaired) electrons. The summed E-state index contributed by atoms with van der Waals surface area (Å²) in [6.45, 7) is 2.96. The molecule has 0 saturated carbocycles. The van der Waals surface area contributed by atoms with Crippen LogP contribution in [0.3, 0.4) is 0 Å². The maximum Gasteiger partial charge on any atom is 0.411 e. The number of hydrogen-bond donors (Lipinski definition) is 3. The van der Waals surface area contributed by atoms with E-state index in [1.165, 1.54) is 0 Å². The van der Waals surface area contributed by atoms with E-state index in [0.717, 1.165) is 25.8 Å². The molecule has 1 aromatic rings. The number of nitrogens with one attached hydrogen (secondary N) is 3. The second-order valence-electron chi connectivity index (χ2n) is 4.91. The van der Waals surface area contributed by atoms with Crippen LogP contribution in [-0.2, 0) is 9.53 Å². The molecule has 6 nitrogen and oxygen atoms in total. The summed E-state index contributed by atoms with van der Waals surface area (Å²) in [5.74, 6) is -0.0131. The van der Waals surface area contributed by atoms with Crippen molar-refractivity contribution in [2.24, 2.45) is 0 Å². The van der Waals surface area contributed by atoms with Crippen molar-refractivity contribution in [2.45, 2.75) is 32.2 Å². The van der Waals surface area contributed by atoms with Crippen molar-refractivity contribution in [1.82, 2.24) is 5.32 Å². The predicted octanol–water partition coefficient (Wildman–Crippen LogP) is 2.34. The smallest absolute Gasteiger partial charge is 0.411 e. The van der Waals surface area contributed by atoms with Crippen LogP contribution in [0.2, 0.25) is 0 Å². The number of amides is 2. The maximum atomic E-state index is 12.1. The average Bonchev–Trinajstić information content (AvgIpc) is 2.50. The van der Waals surface area contributed by atoms with Crippen LogP contribution in [0.5, 0.6) is 0 Å². The molecule has 2 rings (SSSR count). The van der Waals surface area contributed by atoms with Gasteiger partial charge in [0.05, 0.1) is 12.6 Å². The van der Waals surface area contributed by atoms with E-state index < -0.39 is 6.09 Å². The van der Waals surface area contributed by atoms with E-state index >= 15 is 0 Å². The molecule has 1 saturated heterocycles. The normalized spacial score (nSPS) is 17.9. The summed E-state index contributed by atoms with van der Waals surface area (Å²) in [4.78, 5) is 23.3. The number of piperidine rings is 1. The van der Waals surface area contributed by atoms with Crippen LogP contribution in [0.1, 0.15) is 26.2 Å². The molecule has 0 spiro atoms. The van der Waals surface area contributed by atoms with Gasteiger partial charge in [-0.05, 0) is 50.6 Å². The molecule has 114 valence electrons. The highest BCUT2D eigenvalue weighted by atomic mass is 16.5. The lowest BCUT2D eigenvalue weighted by Gasteiger charge is -2.22. The molecule has 0 bridgehead atoms. The molecule has 1 fully saturated rings. The SMILES string of the molecule is CCOC(=O)Nc1ccc(NC(=O)[C@@H]2CCCCN2)cc1. The van der Waals surface area contributed by atoms with Crippen LogP contribution in [0, 0.1) is 0 Å². The Morgan fingerprint density at radius 2 is 1.86 bits per heavy atom. The number of carbonyl (C=O) groups is 2. The molecule has 1 aromatic carbocycles. The highest BCUT2D eigenvalue weighted by molar-refractivity contribution is 5.95. The van der Waals surface area contributed by atoms with Gasteiger partial charge in [0.25, 0.3) is 0 Å². The van der Waals surface area contributed by atoms with Crippen LogP contribution in [-0.4, -0.2) is 31.2 Å². The van der Waals surface area contributed by atoms with E-state index in [1.54, 1.807) is 31.2 Å². The van der Waals surface area contributed by atoms with Gasteiger partial charge in [-0.3, -0.25) is 10.1 Å². The minimum absolute atomic E-state index is 0.0131. The largest absolute Gasteiger partial charge is 0.450 e. The van der Waals surface area contributed by atoms with Gasteiger partial charge in [-0.1, -0.05) is 6.42 Å². The molecule has 1 aliphatic rings. The van der Waals surface area contributed by atoms with Gasteiger partial charge in [0.1, 0.15) is 0 Å². The first-order chi connectivity index (χ1) is 10.2. The minimum atomic E-state index is -0.485. The molecule has 2 amide bonds. The summed E-state index contributed by atoms with van der Waals surface area (Å²) in [7, 11) is 0. The molecular weight excluding hydrogens is 270 g/mol. The molecule has 3 N–H and O–H groups in total. The summed E-state index contributed by atoms with van der Waals surface area (Å²) in [5, 5.41) is 8.68. The van der Waals surface area contributed by atoms with Crippen molar-refractivity contribution in [3.63, 3.8) is 0 Å². The maximum absolute atomic E-state index is 12.1. The fourth-order valence-corrected chi connectivity index (χ4v) is 2.23. The zero-order chi connectivity index (χ0) is 15.1. The van der Waals surface area contributed by atoms with Gasteiger partial charge >= 0.3 is 6.09 Å². The zero-order valence-electron chi connectivity index (χ0n) is 12.1. The van der Waals surface area contributed by atoms with E-state index in [9.17, 15) is 9.59 Å². The van der Waals surface area contributed by atoms with Gasteiger partial charge in [0, 0.05) is 11.4 Å². The van der Waals surface area contributed by atoms with Crippen LogP contribution < -0.4 is 16.0 Å². The van der Waals surface area contributed by atoms with E-state index in [2.05, 4.69) is 16.0 Å². The van der Waals surface area contributed by atoms with Gasteiger partial charge < -0.3 is 15.4 Å². The number of benzene rings is 1. The third kappa shape index (κ3) is 4.75. The van der Waals surface area contributed by atoms with Gasteiger partial charge in [-0.2, -0.15) is 0 Å². The Morgan fingerprint density at radius 1 is 1.19 bits per heavy atom. The van der Waals surface area contributed by atoms with Crippen molar-refractivity contribution in [1.29, 1.82) is 0 Å². The standard InChI is InChI=1S/C15H21N3O3/c1-2-21-15(20)18-12-8-6-11(7-9-12)17-14(19)13-5-3-4-10-16-13/h6-9,13,16H,2-5,10H2,1H3,(H,17,19)(H,18,20)/t13-/m0/s1. The van der Waals surface area contributed by atoms with Crippen molar-refractivity contribution >= 4 is 23.4 Å². The molecule has 0 aliphatic carbocycles. The molecule has 1 atom stereocenters. The highest BCUT2D eigenvalue weighted by Crippen LogP contribution is 2.15. The summed E-state index contributed by atoms with van der Waals surface area (Å²) in [5.41, 5.74) is 1.34. The van der Waals surface area contributed by atoms with Crippen molar-refractivity contribution in [3.05, 3.63) is 24.3 Å². The van der Waals surface area contributed by atoms with Crippen LogP contribution in [0.4, 0.5) is 16.2 Å². The number of hydrogen-bond acceptors (Lipinski definition) is 4. The molecule has 1 aliphatic heterocycles. The molecule has 0 unspecified atom stereocenters. The number of carbonyl (C=O) groups excluding carboxylic acids is 2. The van der Waals surface area contributed by atoms with Gasteiger partial charge in [-0.15, -0.1) is 0 Å². The predicted molar refractivity (Wildman–Crippen MR) is 81.4 cm³/mol. The van der Waals surface area contributed by atoms with E-state index in [1.807, 2.05) is 0 Å². The molecule has 0 aromatic heterocycles. The zero-order valence-corrected chi connectivity index (χ0v) is 12.1. The summed E-state index contributed by atoms with van der Waals surface area (Å²) in [6, 6.07) is 6.84. The second-order valence-corrected chi connectivity index (χ2v) is 4.91. The van der Waals surface area contributed by atoms with Crippen LogP contribution in [0.25, 0.3) is 0 Å². The number of rotatable bonds is 4. The van der Waals surface area contributed by atoms with Crippen molar-refractivity contribution in [2.75, 3.05) is 23.8 Å². The summed E-state index contributed by atoms with van der Waals surface area (Å²) >= 11 is 0. The Morgan fingerprint density at radius 3 is 2.43 bits per heavy atom. The summed E-state index contributed by atoms with van der Waals surface area (Å²) in [6.07, 6.45) is 2.58. The van der Waals surface area contributed by atoms with E-state index in [-0.39, 0.29) is 11.9 Å². The fourth-order valence-electron chi connectivity index (χ4n) is 2.23. The Bertz CT molecular complexity index is 481. The first kappa shape index (κ1) is 15.3. The van der Waals surface area contributed by atoms with Crippen LogP contribution in [0.15, 0.2) is 24.3 Å².